The zero-order valence-electron chi connectivity index (χ0n) is 12.2. The van der Waals surface area contributed by atoms with Gasteiger partial charge in [-0.05, 0) is 26.1 Å². The van der Waals surface area contributed by atoms with Crippen LogP contribution in [0.3, 0.4) is 0 Å². The molecule has 1 aliphatic rings. The molecule has 2 atom stereocenters. The third-order valence-electron chi connectivity index (χ3n) is 3.77. The van der Waals surface area contributed by atoms with Crippen molar-refractivity contribution < 1.29 is 9.21 Å². The SMILES string of the molecule is CC(NC(=O)CN1CCN(C)CC1CN)c1ccco1. The lowest BCUT2D eigenvalue weighted by atomic mass is 10.1. The highest BCUT2D eigenvalue weighted by atomic mass is 16.3. The van der Waals surface area contributed by atoms with Crippen molar-refractivity contribution in [2.45, 2.75) is 19.0 Å². The number of piperazine rings is 1. The van der Waals surface area contributed by atoms with E-state index in [-0.39, 0.29) is 18.0 Å². The molecule has 112 valence electrons. The molecule has 2 rings (SSSR count). The van der Waals surface area contributed by atoms with Crippen LogP contribution in [0.1, 0.15) is 18.7 Å². The molecule has 0 bridgehead atoms. The third kappa shape index (κ3) is 3.82. The summed E-state index contributed by atoms with van der Waals surface area (Å²) in [6.07, 6.45) is 1.61. The van der Waals surface area contributed by atoms with E-state index in [9.17, 15) is 4.79 Å². The number of likely N-dealkylation sites (N-methyl/N-ethyl adjacent to an activating group) is 1. The Morgan fingerprint density at radius 1 is 1.60 bits per heavy atom. The molecule has 0 aliphatic carbocycles. The number of amides is 1. The predicted molar refractivity (Wildman–Crippen MR) is 77.2 cm³/mol. The average molecular weight is 280 g/mol. The first-order valence-electron chi connectivity index (χ1n) is 7.05. The second-order valence-corrected chi connectivity index (χ2v) is 5.43. The summed E-state index contributed by atoms with van der Waals surface area (Å²) < 4.78 is 5.29. The molecule has 2 heterocycles. The maximum absolute atomic E-state index is 12.1. The van der Waals surface area contributed by atoms with Gasteiger partial charge >= 0.3 is 0 Å². The summed E-state index contributed by atoms with van der Waals surface area (Å²) in [5.74, 6) is 0.781. The zero-order valence-corrected chi connectivity index (χ0v) is 12.2. The monoisotopic (exact) mass is 280 g/mol. The maximum Gasteiger partial charge on any atom is 0.234 e. The Bertz CT molecular complexity index is 421. The van der Waals surface area contributed by atoms with Gasteiger partial charge in [-0.1, -0.05) is 0 Å². The molecule has 0 radical (unpaired) electrons. The smallest absolute Gasteiger partial charge is 0.234 e. The molecule has 2 unspecified atom stereocenters. The lowest BCUT2D eigenvalue weighted by Crippen LogP contribution is -2.57. The van der Waals surface area contributed by atoms with Crippen LogP contribution in [0.4, 0.5) is 0 Å². The number of nitrogens with zero attached hydrogens (tertiary/aromatic N) is 2. The van der Waals surface area contributed by atoms with Gasteiger partial charge in [0.2, 0.25) is 5.91 Å². The fourth-order valence-corrected chi connectivity index (χ4v) is 2.56. The van der Waals surface area contributed by atoms with Crippen molar-refractivity contribution >= 4 is 5.91 Å². The molecule has 0 saturated carbocycles. The van der Waals surface area contributed by atoms with Gasteiger partial charge in [-0.15, -0.1) is 0 Å². The van der Waals surface area contributed by atoms with E-state index in [1.165, 1.54) is 0 Å². The lowest BCUT2D eigenvalue weighted by molar-refractivity contribution is -0.124. The topological polar surface area (TPSA) is 74.7 Å². The second kappa shape index (κ2) is 6.88. The van der Waals surface area contributed by atoms with E-state index in [1.54, 1.807) is 6.26 Å². The largest absolute Gasteiger partial charge is 0.467 e. The molecule has 0 aromatic carbocycles. The first kappa shape index (κ1) is 15.0. The van der Waals surface area contributed by atoms with E-state index >= 15 is 0 Å². The van der Waals surface area contributed by atoms with Crippen molar-refractivity contribution in [3.05, 3.63) is 24.2 Å². The van der Waals surface area contributed by atoms with Crippen LogP contribution in [0.25, 0.3) is 0 Å². The molecule has 1 aromatic heterocycles. The summed E-state index contributed by atoms with van der Waals surface area (Å²) >= 11 is 0. The van der Waals surface area contributed by atoms with E-state index in [0.717, 1.165) is 25.4 Å². The molecule has 20 heavy (non-hydrogen) atoms. The van der Waals surface area contributed by atoms with E-state index in [4.69, 9.17) is 10.2 Å². The van der Waals surface area contributed by atoms with E-state index in [2.05, 4.69) is 22.2 Å². The number of hydrogen-bond donors (Lipinski definition) is 2. The summed E-state index contributed by atoms with van der Waals surface area (Å²) in [4.78, 5) is 16.5. The Kier molecular flexibility index (Phi) is 5.17. The molecule has 6 heteroatoms. The molecule has 1 saturated heterocycles. The van der Waals surface area contributed by atoms with Gasteiger partial charge < -0.3 is 20.4 Å². The van der Waals surface area contributed by atoms with E-state index < -0.39 is 0 Å². The average Bonchev–Trinajstić information content (AvgIpc) is 2.94. The lowest BCUT2D eigenvalue weighted by Gasteiger charge is -2.39. The fourth-order valence-electron chi connectivity index (χ4n) is 2.56. The second-order valence-electron chi connectivity index (χ2n) is 5.43. The van der Waals surface area contributed by atoms with Gasteiger partial charge in [0.15, 0.2) is 0 Å². The van der Waals surface area contributed by atoms with Crippen LogP contribution < -0.4 is 11.1 Å². The third-order valence-corrected chi connectivity index (χ3v) is 3.77. The Balaban J connectivity index is 1.84. The number of furan rings is 1. The highest BCUT2D eigenvalue weighted by Gasteiger charge is 2.26. The van der Waals surface area contributed by atoms with Crippen LogP contribution in [0.15, 0.2) is 22.8 Å². The number of rotatable bonds is 5. The van der Waals surface area contributed by atoms with Gasteiger partial charge in [-0.3, -0.25) is 9.69 Å². The van der Waals surface area contributed by atoms with Crippen molar-refractivity contribution in [1.29, 1.82) is 0 Å². The zero-order chi connectivity index (χ0) is 14.5. The number of nitrogens with two attached hydrogens (primary N) is 1. The standard InChI is InChI=1S/C14H24N4O2/c1-11(13-4-3-7-20-13)16-14(19)10-18-6-5-17(2)9-12(18)8-15/h3-4,7,11-12H,5-6,8-10,15H2,1-2H3,(H,16,19). The van der Waals surface area contributed by atoms with E-state index in [0.29, 0.717) is 13.1 Å². The first-order chi connectivity index (χ1) is 9.60. The molecule has 3 N–H and O–H groups in total. The molecule has 1 fully saturated rings. The Morgan fingerprint density at radius 3 is 3.05 bits per heavy atom. The highest BCUT2D eigenvalue weighted by Crippen LogP contribution is 2.12. The Morgan fingerprint density at radius 2 is 2.40 bits per heavy atom. The number of carbonyl (C=O) groups is 1. The van der Waals surface area contributed by atoms with Gasteiger partial charge in [0.05, 0.1) is 18.8 Å². The molecule has 1 aliphatic heterocycles. The van der Waals surface area contributed by atoms with Crippen LogP contribution in [0, 0.1) is 0 Å². The van der Waals surface area contributed by atoms with Crippen molar-refractivity contribution in [2.24, 2.45) is 5.73 Å². The molecule has 1 amide bonds. The Hall–Kier alpha value is -1.37. The van der Waals surface area contributed by atoms with Crippen molar-refractivity contribution in [2.75, 3.05) is 39.8 Å². The van der Waals surface area contributed by atoms with Gasteiger partial charge in [-0.25, -0.2) is 0 Å². The van der Waals surface area contributed by atoms with Crippen LogP contribution in [-0.4, -0.2) is 61.5 Å². The van der Waals surface area contributed by atoms with Crippen LogP contribution in [-0.2, 0) is 4.79 Å². The van der Waals surface area contributed by atoms with Gasteiger partial charge in [0, 0.05) is 32.2 Å². The molecule has 1 aromatic rings. The van der Waals surface area contributed by atoms with Crippen molar-refractivity contribution in [3.63, 3.8) is 0 Å². The van der Waals surface area contributed by atoms with Gasteiger partial charge in [0.25, 0.3) is 0 Å². The molecular weight excluding hydrogens is 256 g/mol. The van der Waals surface area contributed by atoms with Crippen LogP contribution >= 0.6 is 0 Å². The maximum atomic E-state index is 12.1. The summed E-state index contributed by atoms with van der Waals surface area (Å²) in [5.41, 5.74) is 5.79. The van der Waals surface area contributed by atoms with E-state index in [1.807, 2.05) is 19.1 Å². The molecular formula is C14H24N4O2. The van der Waals surface area contributed by atoms with Gasteiger partial charge in [-0.2, -0.15) is 0 Å². The van der Waals surface area contributed by atoms with Crippen molar-refractivity contribution in [3.8, 4) is 0 Å². The van der Waals surface area contributed by atoms with Crippen LogP contribution in [0.5, 0.6) is 0 Å². The quantitative estimate of drug-likeness (QED) is 0.796. The minimum atomic E-state index is -0.110. The highest BCUT2D eigenvalue weighted by molar-refractivity contribution is 5.78. The van der Waals surface area contributed by atoms with Crippen molar-refractivity contribution in [1.82, 2.24) is 15.1 Å². The predicted octanol–water partition coefficient (Wildman–Crippen LogP) is 0.0315. The minimum absolute atomic E-state index is 0.0110. The van der Waals surface area contributed by atoms with Gasteiger partial charge in [0.1, 0.15) is 5.76 Å². The summed E-state index contributed by atoms with van der Waals surface area (Å²) in [6.45, 7) is 5.64. The van der Waals surface area contributed by atoms with Crippen LogP contribution in [0.2, 0.25) is 0 Å². The molecule has 6 nitrogen and oxygen atoms in total. The summed E-state index contributed by atoms with van der Waals surface area (Å²) in [7, 11) is 2.08. The summed E-state index contributed by atoms with van der Waals surface area (Å²) in [6, 6.07) is 3.83. The molecule has 0 spiro atoms. The number of nitrogens with one attached hydrogen (secondary N) is 1. The minimum Gasteiger partial charge on any atom is -0.467 e. The number of hydrogen-bond acceptors (Lipinski definition) is 5. The summed E-state index contributed by atoms with van der Waals surface area (Å²) in [5, 5.41) is 2.96. The first-order valence-corrected chi connectivity index (χ1v) is 7.05. The normalized spacial score (nSPS) is 22.6. The number of carbonyl (C=O) groups excluding carboxylic acids is 1. The fraction of sp³-hybridized carbons (Fsp3) is 0.643. The Labute approximate surface area is 119 Å².